The Hall–Kier alpha value is -1.42. The number of nitriles is 1. The molecule has 2 N–H and O–H groups in total. The summed E-state index contributed by atoms with van der Waals surface area (Å²) >= 11 is 0. The average molecular weight is 470 g/mol. The maximum Gasteiger partial charge on any atom is 0.102 e. The molecule has 0 amide bonds. The second-order valence-electron chi connectivity index (χ2n) is 12.7. The number of aromatic nitrogens is 2. The first-order chi connectivity index (χ1) is 16.2. The van der Waals surface area contributed by atoms with Crippen LogP contribution in [0.3, 0.4) is 0 Å². The molecule has 6 nitrogen and oxygen atoms in total. The zero-order chi connectivity index (χ0) is 24.1. The van der Waals surface area contributed by atoms with Crippen LogP contribution >= 0.6 is 0 Å². The van der Waals surface area contributed by atoms with Gasteiger partial charge in [-0.2, -0.15) is 10.4 Å². The highest BCUT2D eigenvalue weighted by Gasteiger charge is 2.60. The molecule has 6 heteroatoms. The van der Waals surface area contributed by atoms with Gasteiger partial charge in [-0.3, -0.25) is 4.68 Å². The van der Waals surface area contributed by atoms with Crippen molar-refractivity contribution in [2.24, 2.45) is 40.9 Å². The zero-order valence-electron chi connectivity index (χ0n) is 21.2. The molecule has 0 saturated heterocycles. The predicted molar refractivity (Wildman–Crippen MR) is 130 cm³/mol. The molecule has 4 fully saturated rings. The molecule has 0 radical (unpaired) electrons. The summed E-state index contributed by atoms with van der Waals surface area (Å²) in [6.45, 7) is 7.96. The molecule has 4 saturated carbocycles. The SMILES string of the molecule is CCOC[C@@]1(O)CC[C@H]2[C@H](CC([C@@](C)(O)Cn3cc(C#N)cn3)[C@@H]3[C@@H]2CC[C@]2(C)CCC[C@@H]32)C1. The Labute approximate surface area is 204 Å². The summed E-state index contributed by atoms with van der Waals surface area (Å²) in [6.07, 6.45) is 13.5. The number of hydrogen-bond donors (Lipinski definition) is 2. The van der Waals surface area contributed by atoms with Crippen molar-refractivity contribution in [1.82, 2.24) is 9.78 Å². The number of aliphatic hydroxyl groups is 2. The monoisotopic (exact) mass is 469 g/mol. The first kappa shape index (κ1) is 24.3. The average Bonchev–Trinajstić information content (AvgIpc) is 3.42. The molecular formula is C28H43N3O3. The van der Waals surface area contributed by atoms with Gasteiger partial charge in [0.05, 0.1) is 36.1 Å². The van der Waals surface area contributed by atoms with Crippen molar-refractivity contribution < 1.29 is 14.9 Å². The molecular weight excluding hydrogens is 426 g/mol. The molecule has 0 spiro atoms. The van der Waals surface area contributed by atoms with E-state index in [0.29, 0.717) is 60.3 Å². The zero-order valence-corrected chi connectivity index (χ0v) is 21.2. The minimum absolute atomic E-state index is 0.172. The van der Waals surface area contributed by atoms with Crippen LogP contribution < -0.4 is 0 Å². The van der Waals surface area contributed by atoms with Crippen molar-refractivity contribution in [1.29, 1.82) is 5.26 Å². The molecule has 0 bridgehead atoms. The van der Waals surface area contributed by atoms with Crippen LogP contribution in [0.4, 0.5) is 0 Å². The Morgan fingerprint density at radius 2 is 2.06 bits per heavy atom. The minimum atomic E-state index is -0.914. The van der Waals surface area contributed by atoms with Gasteiger partial charge in [0.1, 0.15) is 6.07 Å². The summed E-state index contributed by atoms with van der Waals surface area (Å²) in [4.78, 5) is 0. The topological polar surface area (TPSA) is 91.3 Å². The van der Waals surface area contributed by atoms with Crippen LogP contribution in [-0.4, -0.2) is 44.4 Å². The summed E-state index contributed by atoms with van der Waals surface area (Å²) in [5.41, 5.74) is -0.706. The van der Waals surface area contributed by atoms with Gasteiger partial charge in [-0.1, -0.05) is 13.3 Å². The first-order valence-corrected chi connectivity index (χ1v) is 13.6. The van der Waals surface area contributed by atoms with Gasteiger partial charge in [-0.25, -0.2) is 0 Å². The molecule has 1 aromatic heterocycles. The van der Waals surface area contributed by atoms with E-state index in [-0.39, 0.29) is 5.92 Å². The second-order valence-corrected chi connectivity index (χ2v) is 12.7. The third-order valence-corrected chi connectivity index (χ3v) is 10.5. The van der Waals surface area contributed by atoms with Crippen LogP contribution in [0.15, 0.2) is 12.4 Å². The van der Waals surface area contributed by atoms with Gasteiger partial charge >= 0.3 is 0 Å². The third kappa shape index (κ3) is 4.22. The van der Waals surface area contributed by atoms with Crippen molar-refractivity contribution in [2.75, 3.05) is 13.2 Å². The predicted octanol–water partition coefficient (Wildman–Crippen LogP) is 4.54. The van der Waals surface area contributed by atoms with Crippen LogP contribution in [0.1, 0.15) is 84.1 Å². The normalized spacial score (nSPS) is 43.3. The lowest BCUT2D eigenvalue weighted by Crippen LogP contribution is -2.59. The standard InChI is InChI=1S/C28H43N3O3/c1-4-34-18-28(33)11-8-21-20(13-28)12-24(27(3,32)17-31-16-19(14-29)15-30-31)25-22(21)7-10-26(2)9-5-6-23(25)26/h15-16,20-25,32-33H,4-13,17-18H2,1-3H3/t20-,21+,22-,23+,24?,25-,26+,27+,28-/m1/s1. The summed E-state index contributed by atoms with van der Waals surface area (Å²) in [5, 5.41) is 37.0. The first-order valence-electron chi connectivity index (χ1n) is 13.6. The maximum atomic E-state index is 12.0. The lowest BCUT2D eigenvalue weighted by Gasteiger charge is -2.61. The molecule has 4 aliphatic rings. The van der Waals surface area contributed by atoms with E-state index < -0.39 is 11.2 Å². The number of rotatable bonds is 6. The van der Waals surface area contributed by atoms with E-state index in [2.05, 4.69) is 18.1 Å². The van der Waals surface area contributed by atoms with Gasteiger partial charge in [0.25, 0.3) is 0 Å². The fraction of sp³-hybridized carbons (Fsp3) is 0.857. The fourth-order valence-electron chi connectivity index (χ4n) is 9.05. The van der Waals surface area contributed by atoms with Crippen molar-refractivity contribution in [3.63, 3.8) is 0 Å². The summed E-state index contributed by atoms with van der Waals surface area (Å²) in [5.74, 6) is 3.09. The van der Waals surface area contributed by atoms with E-state index in [1.807, 2.05) is 13.8 Å². The number of nitrogens with zero attached hydrogens (tertiary/aromatic N) is 3. The van der Waals surface area contributed by atoms with E-state index in [1.54, 1.807) is 17.1 Å². The largest absolute Gasteiger partial charge is 0.388 e. The second kappa shape index (κ2) is 8.91. The van der Waals surface area contributed by atoms with Gasteiger partial charge in [0.15, 0.2) is 0 Å². The van der Waals surface area contributed by atoms with Gasteiger partial charge in [-0.15, -0.1) is 0 Å². The van der Waals surface area contributed by atoms with Crippen LogP contribution in [0, 0.1) is 52.3 Å². The highest BCUT2D eigenvalue weighted by Crippen LogP contribution is 2.65. The number of fused-ring (bicyclic) bond motifs is 5. The third-order valence-electron chi connectivity index (χ3n) is 10.5. The highest BCUT2D eigenvalue weighted by molar-refractivity contribution is 5.21. The number of ether oxygens (including phenoxy) is 1. The molecule has 0 aromatic carbocycles. The molecule has 4 aliphatic carbocycles. The van der Waals surface area contributed by atoms with E-state index in [0.717, 1.165) is 25.7 Å². The maximum absolute atomic E-state index is 12.0. The van der Waals surface area contributed by atoms with E-state index in [4.69, 9.17) is 4.74 Å². The lowest BCUT2D eigenvalue weighted by atomic mass is 9.45. The van der Waals surface area contributed by atoms with Crippen LogP contribution in [-0.2, 0) is 11.3 Å². The fourth-order valence-corrected chi connectivity index (χ4v) is 9.05. The Balaban J connectivity index is 1.45. The number of hydrogen-bond acceptors (Lipinski definition) is 5. The highest BCUT2D eigenvalue weighted by atomic mass is 16.5. The van der Waals surface area contributed by atoms with Crippen molar-refractivity contribution >= 4 is 0 Å². The molecule has 0 aliphatic heterocycles. The molecule has 188 valence electrons. The van der Waals surface area contributed by atoms with Crippen LogP contribution in [0.2, 0.25) is 0 Å². The Bertz CT molecular complexity index is 922. The van der Waals surface area contributed by atoms with Gasteiger partial charge in [-0.05, 0) is 106 Å². The quantitative estimate of drug-likeness (QED) is 0.638. The van der Waals surface area contributed by atoms with Crippen molar-refractivity contribution in [3.8, 4) is 6.07 Å². The molecule has 1 aromatic rings. The van der Waals surface area contributed by atoms with Crippen molar-refractivity contribution in [2.45, 2.75) is 96.3 Å². The van der Waals surface area contributed by atoms with Crippen molar-refractivity contribution in [3.05, 3.63) is 18.0 Å². The van der Waals surface area contributed by atoms with E-state index >= 15 is 0 Å². The Morgan fingerprint density at radius 3 is 2.79 bits per heavy atom. The Morgan fingerprint density at radius 1 is 1.26 bits per heavy atom. The lowest BCUT2D eigenvalue weighted by molar-refractivity contribution is -0.176. The van der Waals surface area contributed by atoms with Crippen LogP contribution in [0.25, 0.3) is 0 Å². The van der Waals surface area contributed by atoms with Gasteiger partial charge in [0.2, 0.25) is 0 Å². The minimum Gasteiger partial charge on any atom is -0.388 e. The molecule has 5 rings (SSSR count). The Kier molecular flexibility index (Phi) is 6.36. The van der Waals surface area contributed by atoms with E-state index in [9.17, 15) is 15.5 Å². The molecule has 1 heterocycles. The smallest absolute Gasteiger partial charge is 0.102 e. The molecule has 1 unspecified atom stereocenters. The van der Waals surface area contributed by atoms with Gasteiger partial charge in [0, 0.05) is 12.8 Å². The summed E-state index contributed by atoms with van der Waals surface area (Å²) in [6, 6.07) is 2.15. The van der Waals surface area contributed by atoms with Gasteiger partial charge < -0.3 is 14.9 Å². The summed E-state index contributed by atoms with van der Waals surface area (Å²) < 4.78 is 7.43. The van der Waals surface area contributed by atoms with Crippen LogP contribution in [0.5, 0.6) is 0 Å². The molecule has 9 atom stereocenters. The summed E-state index contributed by atoms with van der Waals surface area (Å²) in [7, 11) is 0. The van der Waals surface area contributed by atoms with E-state index in [1.165, 1.54) is 32.1 Å². The molecule has 34 heavy (non-hydrogen) atoms.